The molecule has 170 valence electrons. The zero-order valence-corrected chi connectivity index (χ0v) is 17.4. The highest BCUT2D eigenvalue weighted by atomic mass is 19.4. The fraction of sp³-hybridized carbons (Fsp3) is 0.350. The number of hydrogen-bond acceptors (Lipinski definition) is 7. The van der Waals surface area contributed by atoms with E-state index in [0.717, 1.165) is 0 Å². The van der Waals surface area contributed by atoms with Crippen LogP contribution in [0, 0.1) is 12.7 Å². The number of rotatable bonds is 7. The van der Waals surface area contributed by atoms with Crippen LogP contribution in [0.3, 0.4) is 0 Å². The van der Waals surface area contributed by atoms with Crippen LogP contribution in [0.2, 0.25) is 0 Å². The van der Waals surface area contributed by atoms with Crippen LogP contribution in [0.25, 0.3) is 11.5 Å². The first-order chi connectivity index (χ1) is 15.1. The maximum atomic E-state index is 14.5. The molecule has 0 bridgehead atoms. The number of ether oxygens (including phenoxy) is 1. The Labute approximate surface area is 180 Å². The van der Waals surface area contributed by atoms with Crippen molar-refractivity contribution >= 4 is 5.91 Å². The van der Waals surface area contributed by atoms with Gasteiger partial charge in [0.2, 0.25) is 5.89 Å². The second-order valence-corrected chi connectivity index (χ2v) is 6.79. The normalized spacial score (nSPS) is 12.5. The van der Waals surface area contributed by atoms with Crippen LogP contribution in [0.5, 0.6) is 6.01 Å². The highest BCUT2D eigenvalue weighted by molar-refractivity contribution is 6.00. The van der Waals surface area contributed by atoms with E-state index in [1.165, 1.54) is 23.1 Å². The fourth-order valence-electron chi connectivity index (χ4n) is 2.95. The van der Waals surface area contributed by atoms with Crippen LogP contribution in [-0.2, 0) is 6.18 Å². The van der Waals surface area contributed by atoms with Crippen molar-refractivity contribution in [2.45, 2.75) is 33.0 Å². The Kier molecular flexibility index (Phi) is 6.70. The molecule has 0 unspecified atom stereocenters. The first kappa shape index (κ1) is 23.1. The Morgan fingerprint density at radius 2 is 1.91 bits per heavy atom. The maximum absolute atomic E-state index is 14.5. The summed E-state index contributed by atoms with van der Waals surface area (Å²) in [5, 5.41) is 7.48. The number of carbonyl (C=O) groups excluding carboxylic acids is 1. The minimum Gasteiger partial charge on any atom is -0.461 e. The van der Waals surface area contributed by atoms with Crippen molar-refractivity contribution in [3.63, 3.8) is 0 Å². The number of carbonyl (C=O) groups is 1. The first-order valence-corrected chi connectivity index (χ1v) is 9.53. The standard InChI is InChI=1S/C20H19F4N5O3/c1-4-29(11(2)10-31-19-25-8-13(9-26-19)20(22,23)24)18(30)14-6-5-7-15(21)16(14)17-28-27-12(3)32-17/h5-9,11H,4,10H2,1-3H3/t11-/m0/s1. The van der Waals surface area contributed by atoms with E-state index in [0.29, 0.717) is 12.4 Å². The van der Waals surface area contributed by atoms with Gasteiger partial charge in [-0.05, 0) is 26.0 Å². The van der Waals surface area contributed by atoms with Gasteiger partial charge in [-0.25, -0.2) is 14.4 Å². The zero-order valence-electron chi connectivity index (χ0n) is 17.4. The minimum atomic E-state index is -4.56. The van der Waals surface area contributed by atoms with E-state index < -0.39 is 29.5 Å². The van der Waals surface area contributed by atoms with Crippen molar-refractivity contribution in [1.82, 2.24) is 25.1 Å². The first-order valence-electron chi connectivity index (χ1n) is 9.53. The smallest absolute Gasteiger partial charge is 0.419 e. The average Bonchev–Trinajstić information content (AvgIpc) is 3.18. The number of alkyl halides is 3. The highest BCUT2D eigenvalue weighted by Gasteiger charge is 2.31. The molecule has 0 N–H and O–H groups in total. The second kappa shape index (κ2) is 9.28. The number of amides is 1. The van der Waals surface area contributed by atoms with Crippen LogP contribution in [0.4, 0.5) is 17.6 Å². The Balaban J connectivity index is 1.77. The van der Waals surface area contributed by atoms with Crippen LogP contribution >= 0.6 is 0 Å². The largest absolute Gasteiger partial charge is 0.461 e. The molecule has 0 aliphatic rings. The monoisotopic (exact) mass is 453 g/mol. The van der Waals surface area contributed by atoms with Gasteiger partial charge in [0.25, 0.3) is 11.8 Å². The average molecular weight is 453 g/mol. The molecule has 0 aliphatic carbocycles. The summed E-state index contributed by atoms with van der Waals surface area (Å²) in [5.41, 5.74) is -1.10. The van der Waals surface area contributed by atoms with E-state index in [1.807, 2.05) is 0 Å². The molecule has 2 aromatic heterocycles. The van der Waals surface area contributed by atoms with Crippen LogP contribution in [0.15, 0.2) is 35.0 Å². The van der Waals surface area contributed by atoms with Gasteiger partial charge >= 0.3 is 12.2 Å². The quantitative estimate of drug-likeness (QED) is 0.501. The highest BCUT2D eigenvalue weighted by Crippen LogP contribution is 2.29. The Morgan fingerprint density at radius 3 is 2.47 bits per heavy atom. The van der Waals surface area contributed by atoms with Gasteiger partial charge in [0.05, 0.1) is 22.7 Å². The van der Waals surface area contributed by atoms with Gasteiger partial charge in [-0.2, -0.15) is 13.2 Å². The summed E-state index contributed by atoms with van der Waals surface area (Å²) in [6, 6.07) is 3.20. The lowest BCUT2D eigenvalue weighted by molar-refractivity contribution is -0.138. The Hall–Kier alpha value is -3.57. The van der Waals surface area contributed by atoms with Crippen molar-refractivity contribution in [3.05, 3.63) is 53.4 Å². The molecule has 0 spiro atoms. The van der Waals surface area contributed by atoms with E-state index >= 15 is 0 Å². The van der Waals surface area contributed by atoms with Crippen molar-refractivity contribution in [2.75, 3.05) is 13.2 Å². The van der Waals surface area contributed by atoms with Gasteiger partial charge in [-0.15, -0.1) is 10.2 Å². The summed E-state index contributed by atoms with van der Waals surface area (Å²) in [7, 11) is 0. The summed E-state index contributed by atoms with van der Waals surface area (Å²) in [6.45, 7) is 5.07. The molecule has 3 rings (SSSR count). The predicted molar refractivity (Wildman–Crippen MR) is 103 cm³/mol. The van der Waals surface area contributed by atoms with Gasteiger partial charge in [0.1, 0.15) is 12.4 Å². The molecule has 1 amide bonds. The second-order valence-electron chi connectivity index (χ2n) is 6.79. The van der Waals surface area contributed by atoms with Crippen LogP contribution < -0.4 is 4.74 Å². The Morgan fingerprint density at radius 1 is 1.22 bits per heavy atom. The van der Waals surface area contributed by atoms with E-state index in [4.69, 9.17) is 9.15 Å². The molecular weight excluding hydrogens is 434 g/mol. The molecule has 12 heteroatoms. The fourth-order valence-corrected chi connectivity index (χ4v) is 2.95. The van der Waals surface area contributed by atoms with E-state index in [-0.39, 0.29) is 42.1 Å². The minimum absolute atomic E-state index is 0.0214. The summed E-state index contributed by atoms with van der Waals surface area (Å²) < 4.78 is 63.0. The summed E-state index contributed by atoms with van der Waals surface area (Å²) in [4.78, 5) is 21.7. The van der Waals surface area contributed by atoms with Crippen molar-refractivity contribution < 1.29 is 31.5 Å². The van der Waals surface area contributed by atoms with Gasteiger partial charge in [0, 0.05) is 25.9 Å². The lowest BCUT2D eigenvalue weighted by Gasteiger charge is -2.28. The SMILES string of the molecule is CCN(C(=O)c1cccc(F)c1-c1nnc(C)o1)[C@@H](C)COc1ncc(C(F)(F)F)cn1. The van der Waals surface area contributed by atoms with Crippen molar-refractivity contribution in [2.24, 2.45) is 0 Å². The Bertz CT molecular complexity index is 1090. The van der Waals surface area contributed by atoms with Crippen LogP contribution in [0.1, 0.15) is 35.7 Å². The van der Waals surface area contributed by atoms with E-state index in [9.17, 15) is 22.4 Å². The molecule has 8 nitrogen and oxygen atoms in total. The summed E-state index contributed by atoms with van der Waals surface area (Å²) >= 11 is 0. The molecule has 1 atom stereocenters. The van der Waals surface area contributed by atoms with Crippen LogP contribution in [-0.4, -0.2) is 50.2 Å². The summed E-state index contributed by atoms with van der Waals surface area (Å²) in [6.07, 6.45) is -3.33. The van der Waals surface area contributed by atoms with E-state index in [1.54, 1.807) is 20.8 Å². The third-order valence-corrected chi connectivity index (χ3v) is 4.53. The number of likely N-dealkylation sites (N-methyl/N-ethyl adjacent to an activating group) is 1. The predicted octanol–water partition coefficient (Wildman–Crippen LogP) is 3.92. The van der Waals surface area contributed by atoms with Gasteiger partial charge in [0.15, 0.2) is 0 Å². The molecular formula is C20H19F4N5O3. The number of hydrogen-bond donors (Lipinski definition) is 0. The van der Waals surface area contributed by atoms with E-state index in [2.05, 4.69) is 20.2 Å². The third-order valence-electron chi connectivity index (χ3n) is 4.53. The molecule has 0 fully saturated rings. The molecule has 32 heavy (non-hydrogen) atoms. The molecule has 0 saturated heterocycles. The zero-order chi connectivity index (χ0) is 23.5. The maximum Gasteiger partial charge on any atom is 0.419 e. The van der Waals surface area contributed by atoms with Gasteiger partial charge < -0.3 is 14.1 Å². The molecule has 0 saturated carbocycles. The molecule has 0 aliphatic heterocycles. The molecule has 0 radical (unpaired) electrons. The van der Waals surface area contributed by atoms with Gasteiger partial charge in [-0.1, -0.05) is 6.07 Å². The lowest BCUT2D eigenvalue weighted by atomic mass is 10.0. The van der Waals surface area contributed by atoms with Crippen molar-refractivity contribution in [3.8, 4) is 17.5 Å². The molecule has 1 aromatic carbocycles. The van der Waals surface area contributed by atoms with Crippen molar-refractivity contribution in [1.29, 1.82) is 0 Å². The number of aryl methyl sites for hydroxylation is 1. The number of aromatic nitrogens is 4. The topological polar surface area (TPSA) is 94.2 Å². The van der Waals surface area contributed by atoms with Gasteiger partial charge in [-0.3, -0.25) is 4.79 Å². The number of nitrogens with zero attached hydrogens (tertiary/aromatic N) is 5. The lowest BCUT2D eigenvalue weighted by Crippen LogP contribution is -2.42. The molecule has 3 aromatic rings. The summed E-state index contributed by atoms with van der Waals surface area (Å²) in [5.74, 6) is -1.12. The number of halogens is 4. The molecule has 2 heterocycles. The third kappa shape index (κ3) is 5.01. The number of benzene rings is 1.